The van der Waals surface area contributed by atoms with Gasteiger partial charge >= 0.3 is 0 Å². The van der Waals surface area contributed by atoms with Crippen molar-refractivity contribution in [3.05, 3.63) is 53.1 Å². The van der Waals surface area contributed by atoms with Crippen LogP contribution in [0.4, 0.5) is 0 Å². The Bertz CT molecular complexity index is 806. The fourth-order valence-electron chi connectivity index (χ4n) is 3.03. The molecule has 0 fully saturated rings. The molecule has 0 radical (unpaired) electrons. The fraction of sp³-hybridized carbons (Fsp3) is 0.350. The highest BCUT2D eigenvalue weighted by Crippen LogP contribution is 2.41. The van der Waals surface area contributed by atoms with Gasteiger partial charge in [-0.3, -0.25) is 4.79 Å². The van der Waals surface area contributed by atoms with E-state index in [9.17, 15) is 4.79 Å². The van der Waals surface area contributed by atoms with Crippen LogP contribution in [0.5, 0.6) is 17.2 Å². The molecule has 0 aromatic heterocycles. The van der Waals surface area contributed by atoms with Crippen molar-refractivity contribution < 1.29 is 19.0 Å². The molecule has 1 aliphatic rings. The van der Waals surface area contributed by atoms with Gasteiger partial charge in [0.05, 0.1) is 13.2 Å². The lowest BCUT2D eigenvalue weighted by molar-refractivity contribution is -0.124. The molecule has 2 aromatic carbocycles. The lowest BCUT2D eigenvalue weighted by atomic mass is 9.89. The first-order valence-corrected chi connectivity index (χ1v) is 8.79. The van der Waals surface area contributed by atoms with Crippen LogP contribution in [0.2, 0.25) is 5.02 Å². The van der Waals surface area contributed by atoms with E-state index >= 15 is 0 Å². The number of ether oxygens (including phenoxy) is 3. The molecule has 6 heteroatoms. The Balaban J connectivity index is 1.69. The molecule has 26 heavy (non-hydrogen) atoms. The first-order chi connectivity index (χ1) is 12.4. The average Bonchev–Trinajstić information content (AvgIpc) is 2.58. The zero-order valence-corrected chi connectivity index (χ0v) is 15.8. The SMILES string of the molecule is COc1ccc2c(c1)OC(C)(C)C[C@H]2NC(=O)COc1cccc(Cl)c1. The van der Waals surface area contributed by atoms with Gasteiger partial charge in [0.25, 0.3) is 5.91 Å². The minimum Gasteiger partial charge on any atom is -0.497 e. The molecule has 3 rings (SSSR count). The molecule has 5 nitrogen and oxygen atoms in total. The Morgan fingerprint density at radius 3 is 2.81 bits per heavy atom. The van der Waals surface area contributed by atoms with E-state index < -0.39 is 5.60 Å². The smallest absolute Gasteiger partial charge is 0.258 e. The molecule has 2 aromatic rings. The summed E-state index contributed by atoms with van der Waals surface area (Å²) in [7, 11) is 1.61. The molecular weight excluding hydrogens is 354 g/mol. The maximum atomic E-state index is 12.4. The van der Waals surface area contributed by atoms with E-state index in [0.717, 1.165) is 17.1 Å². The summed E-state index contributed by atoms with van der Waals surface area (Å²) in [5.74, 6) is 1.80. The summed E-state index contributed by atoms with van der Waals surface area (Å²) in [4.78, 5) is 12.4. The van der Waals surface area contributed by atoms with Gasteiger partial charge in [-0.05, 0) is 44.2 Å². The quantitative estimate of drug-likeness (QED) is 0.853. The molecule has 138 valence electrons. The lowest BCUT2D eigenvalue weighted by Crippen LogP contribution is -2.42. The molecule has 1 aliphatic heterocycles. The van der Waals surface area contributed by atoms with Gasteiger partial charge in [-0.1, -0.05) is 17.7 Å². The van der Waals surface area contributed by atoms with E-state index in [1.54, 1.807) is 31.4 Å². The number of nitrogens with one attached hydrogen (secondary N) is 1. The second-order valence-electron chi connectivity index (χ2n) is 6.84. The van der Waals surface area contributed by atoms with Gasteiger partial charge in [0, 0.05) is 23.1 Å². The zero-order chi connectivity index (χ0) is 18.7. The molecular formula is C20H22ClNO4. The number of hydrogen-bond donors (Lipinski definition) is 1. The summed E-state index contributed by atoms with van der Waals surface area (Å²) in [6, 6.07) is 12.4. The molecule has 1 amide bonds. The molecule has 0 aliphatic carbocycles. The Morgan fingerprint density at radius 1 is 1.27 bits per heavy atom. The molecule has 1 heterocycles. The predicted molar refractivity (Wildman–Crippen MR) is 100 cm³/mol. The first kappa shape index (κ1) is 18.4. The highest BCUT2D eigenvalue weighted by molar-refractivity contribution is 6.30. The third-order valence-corrected chi connectivity index (χ3v) is 4.41. The van der Waals surface area contributed by atoms with Crippen molar-refractivity contribution in [1.29, 1.82) is 0 Å². The van der Waals surface area contributed by atoms with Crippen LogP contribution in [0.1, 0.15) is 31.9 Å². The van der Waals surface area contributed by atoms with Crippen LogP contribution in [-0.4, -0.2) is 25.2 Å². The van der Waals surface area contributed by atoms with Crippen LogP contribution >= 0.6 is 11.6 Å². The summed E-state index contributed by atoms with van der Waals surface area (Å²) >= 11 is 5.92. The molecule has 0 saturated heterocycles. The highest BCUT2D eigenvalue weighted by Gasteiger charge is 2.34. The maximum absolute atomic E-state index is 12.4. The number of rotatable bonds is 5. The normalized spacial score (nSPS) is 17.6. The topological polar surface area (TPSA) is 56.8 Å². The second-order valence-corrected chi connectivity index (χ2v) is 7.27. The summed E-state index contributed by atoms with van der Waals surface area (Å²) in [6.07, 6.45) is 0.662. The number of carbonyl (C=O) groups is 1. The summed E-state index contributed by atoms with van der Waals surface area (Å²) in [5, 5.41) is 3.60. The number of amides is 1. The van der Waals surface area contributed by atoms with Crippen molar-refractivity contribution in [3.8, 4) is 17.2 Å². The first-order valence-electron chi connectivity index (χ1n) is 8.41. The second kappa shape index (κ2) is 7.46. The Kier molecular flexibility index (Phi) is 5.28. The van der Waals surface area contributed by atoms with Gasteiger partial charge in [0.2, 0.25) is 0 Å². The summed E-state index contributed by atoms with van der Waals surface area (Å²) in [5.41, 5.74) is 0.534. The summed E-state index contributed by atoms with van der Waals surface area (Å²) in [6.45, 7) is 3.91. The number of methoxy groups -OCH3 is 1. The molecule has 0 bridgehead atoms. The van der Waals surface area contributed by atoms with E-state index in [4.69, 9.17) is 25.8 Å². The lowest BCUT2D eigenvalue weighted by Gasteiger charge is -2.38. The van der Waals surface area contributed by atoms with Crippen LogP contribution in [0, 0.1) is 0 Å². The van der Waals surface area contributed by atoms with Gasteiger partial charge in [0.15, 0.2) is 6.61 Å². The minimum atomic E-state index is -0.398. The van der Waals surface area contributed by atoms with Gasteiger partial charge in [0.1, 0.15) is 22.8 Å². The van der Waals surface area contributed by atoms with Crippen molar-refractivity contribution in [2.24, 2.45) is 0 Å². The fourth-order valence-corrected chi connectivity index (χ4v) is 3.21. The van der Waals surface area contributed by atoms with Crippen molar-refractivity contribution in [3.63, 3.8) is 0 Å². The number of benzene rings is 2. The van der Waals surface area contributed by atoms with Crippen molar-refractivity contribution in [2.75, 3.05) is 13.7 Å². The Hall–Kier alpha value is -2.40. The van der Waals surface area contributed by atoms with E-state index in [1.165, 1.54) is 0 Å². The van der Waals surface area contributed by atoms with Crippen LogP contribution in [0.15, 0.2) is 42.5 Å². The molecule has 0 saturated carbocycles. The number of hydrogen-bond acceptors (Lipinski definition) is 4. The highest BCUT2D eigenvalue weighted by atomic mass is 35.5. The average molecular weight is 376 g/mol. The van der Waals surface area contributed by atoms with Crippen LogP contribution in [0.25, 0.3) is 0 Å². The molecule has 1 atom stereocenters. The zero-order valence-electron chi connectivity index (χ0n) is 15.0. The number of carbonyl (C=O) groups excluding carboxylic acids is 1. The Labute approximate surface area is 158 Å². The molecule has 0 unspecified atom stereocenters. The third kappa shape index (κ3) is 4.41. The largest absolute Gasteiger partial charge is 0.497 e. The van der Waals surface area contributed by atoms with Gasteiger partial charge in [-0.25, -0.2) is 0 Å². The van der Waals surface area contributed by atoms with Crippen LogP contribution < -0.4 is 19.5 Å². The Morgan fingerprint density at radius 2 is 2.08 bits per heavy atom. The number of halogens is 1. The van der Waals surface area contributed by atoms with E-state index in [1.807, 2.05) is 32.0 Å². The van der Waals surface area contributed by atoms with E-state index in [2.05, 4.69) is 5.32 Å². The van der Waals surface area contributed by atoms with Gasteiger partial charge < -0.3 is 19.5 Å². The van der Waals surface area contributed by atoms with E-state index in [-0.39, 0.29) is 18.6 Å². The maximum Gasteiger partial charge on any atom is 0.258 e. The van der Waals surface area contributed by atoms with E-state index in [0.29, 0.717) is 17.2 Å². The van der Waals surface area contributed by atoms with Crippen molar-refractivity contribution in [2.45, 2.75) is 31.9 Å². The van der Waals surface area contributed by atoms with Gasteiger partial charge in [-0.2, -0.15) is 0 Å². The van der Waals surface area contributed by atoms with Crippen molar-refractivity contribution >= 4 is 17.5 Å². The summed E-state index contributed by atoms with van der Waals surface area (Å²) < 4.78 is 16.8. The predicted octanol–water partition coefficient (Wildman–Crippen LogP) is 4.15. The third-order valence-electron chi connectivity index (χ3n) is 4.18. The standard InChI is InChI=1S/C20H22ClNO4/c1-20(2)11-17(16-8-7-14(24-3)10-18(16)26-20)22-19(23)12-25-15-6-4-5-13(21)9-15/h4-10,17H,11-12H2,1-3H3,(H,22,23)/t17-/m1/s1. The van der Waals surface area contributed by atoms with Crippen molar-refractivity contribution in [1.82, 2.24) is 5.32 Å². The monoisotopic (exact) mass is 375 g/mol. The molecule has 1 N–H and O–H groups in total. The minimum absolute atomic E-state index is 0.0797. The molecule has 0 spiro atoms. The number of fused-ring (bicyclic) bond motifs is 1. The van der Waals surface area contributed by atoms with Crippen LogP contribution in [-0.2, 0) is 4.79 Å². The van der Waals surface area contributed by atoms with Gasteiger partial charge in [-0.15, -0.1) is 0 Å². The van der Waals surface area contributed by atoms with Crippen LogP contribution in [0.3, 0.4) is 0 Å².